The molecule has 0 aromatic heterocycles. The summed E-state index contributed by atoms with van der Waals surface area (Å²) < 4.78 is 10.5. The van der Waals surface area contributed by atoms with Crippen LogP contribution in [0.1, 0.15) is 40.0 Å². The standard InChI is InChI=1S/C15H31NO3/c1-11-6-5-7-15(13(11)3)16-8-14(17)10-19-12(2)9-18-4/h11-17H,5-10H2,1-4H3. The average molecular weight is 273 g/mol. The molecule has 1 saturated carbocycles. The molecule has 4 nitrogen and oxygen atoms in total. The Balaban J connectivity index is 2.17. The Bertz CT molecular complexity index is 237. The van der Waals surface area contributed by atoms with Crippen molar-refractivity contribution in [1.29, 1.82) is 0 Å². The van der Waals surface area contributed by atoms with Crippen molar-refractivity contribution in [3.8, 4) is 0 Å². The molecule has 5 atom stereocenters. The van der Waals surface area contributed by atoms with E-state index in [-0.39, 0.29) is 6.10 Å². The molecule has 0 bridgehead atoms. The highest BCUT2D eigenvalue weighted by Crippen LogP contribution is 2.29. The lowest BCUT2D eigenvalue weighted by Crippen LogP contribution is -2.44. The third kappa shape index (κ3) is 6.21. The minimum atomic E-state index is -0.441. The van der Waals surface area contributed by atoms with E-state index in [1.807, 2.05) is 6.92 Å². The van der Waals surface area contributed by atoms with Gasteiger partial charge in [0.2, 0.25) is 0 Å². The van der Waals surface area contributed by atoms with Crippen LogP contribution in [0.25, 0.3) is 0 Å². The highest BCUT2D eigenvalue weighted by Gasteiger charge is 2.26. The largest absolute Gasteiger partial charge is 0.389 e. The molecule has 5 unspecified atom stereocenters. The summed E-state index contributed by atoms with van der Waals surface area (Å²) in [6.45, 7) is 8.14. The van der Waals surface area contributed by atoms with E-state index in [1.165, 1.54) is 19.3 Å². The van der Waals surface area contributed by atoms with Gasteiger partial charge in [-0.05, 0) is 25.2 Å². The highest BCUT2D eigenvalue weighted by molar-refractivity contribution is 4.82. The van der Waals surface area contributed by atoms with Crippen LogP contribution in [0.15, 0.2) is 0 Å². The number of ether oxygens (including phenoxy) is 2. The summed E-state index contributed by atoms with van der Waals surface area (Å²) in [6, 6.07) is 0.537. The predicted molar refractivity (Wildman–Crippen MR) is 77.3 cm³/mol. The lowest BCUT2D eigenvalue weighted by molar-refractivity contribution is -0.0324. The molecule has 0 aliphatic heterocycles. The maximum absolute atomic E-state index is 9.92. The first-order valence-corrected chi connectivity index (χ1v) is 7.56. The fourth-order valence-electron chi connectivity index (χ4n) is 2.77. The van der Waals surface area contributed by atoms with E-state index in [1.54, 1.807) is 7.11 Å². The molecule has 19 heavy (non-hydrogen) atoms. The van der Waals surface area contributed by atoms with Crippen LogP contribution in [-0.4, -0.2) is 50.2 Å². The zero-order chi connectivity index (χ0) is 14.3. The number of methoxy groups -OCH3 is 1. The Morgan fingerprint density at radius 1 is 1.26 bits per heavy atom. The van der Waals surface area contributed by atoms with Gasteiger partial charge in [0.05, 0.1) is 25.4 Å². The molecule has 0 aromatic carbocycles. The van der Waals surface area contributed by atoms with E-state index in [0.717, 1.165) is 5.92 Å². The second-order valence-electron chi connectivity index (χ2n) is 6.04. The number of aliphatic hydroxyl groups is 1. The maximum Gasteiger partial charge on any atom is 0.0897 e. The number of nitrogens with one attached hydrogen (secondary N) is 1. The molecule has 2 N–H and O–H groups in total. The Morgan fingerprint density at radius 2 is 2.00 bits per heavy atom. The van der Waals surface area contributed by atoms with Crippen molar-refractivity contribution in [2.45, 2.75) is 58.3 Å². The monoisotopic (exact) mass is 273 g/mol. The van der Waals surface area contributed by atoms with E-state index < -0.39 is 6.10 Å². The SMILES string of the molecule is COCC(C)OCC(O)CNC1CCCC(C)C1C. The van der Waals surface area contributed by atoms with Gasteiger partial charge in [0.25, 0.3) is 0 Å². The van der Waals surface area contributed by atoms with Crippen molar-refractivity contribution in [1.82, 2.24) is 5.32 Å². The van der Waals surface area contributed by atoms with Crippen molar-refractivity contribution in [2.75, 3.05) is 26.9 Å². The van der Waals surface area contributed by atoms with Crippen molar-refractivity contribution < 1.29 is 14.6 Å². The predicted octanol–water partition coefficient (Wildman–Crippen LogP) is 1.81. The van der Waals surface area contributed by atoms with Crippen LogP contribution in [0, 0.1) is 11.8 Å². The van der Waals surface area contributed by atoms with Gasteiger partial charge in [0.15, 0.2) is 0 Å². The molecule has 0 saturated heterocycles. The van der Waals surface area contributed by atoms with Gasteiger partial charge in [0, 0.05) is 19.7 Å². The minimum Gasteiger partial charge on any atom is -0.389 e. The quantitative estimate of drug-likeness (QED) is 0.708. The summed E-state index contributed by atoms with van der Waals surface area (Å²) in [5.41, 5.74) is 0. The lowest BCUT2D eigenvalue weighted by atomic mass is 9.78. The molecule has 4 heteroatoms. The third-order valence-electron chi connectivity index (χ3n) is 4.30. The van der Waals surface area contributed by atoms with Gasteiger partial charge in [-0.2, -0.15) is 0 Å². The Hall–Kier alpha value is -0.160. The zero-order valence-corrected chi connectivity index (χ0v) is 12.9. The molecule has 0 aromatic rings. The highest BCUT2D eigenvalue weighted by atomic mass is 16.5. The van der Waals surface area contributed by atoms with Gasteiger partial charge in [-0.15, -0.1) is 0 Å². The van der Waals surface area contributed by atoms with E-state index in [2.05, 4.69) is 19.2 Å². The molecule has 1 fully saturated rings. The molecule has 0 spiro atoms. The van der Waals surface area contributed by atoms with Crippen molar-refractivity contribution >= 4 is 0 Å². The first-order chi connectivity index (χ1) is 9.04. The summed E-state index contributed by atoms with van der Waals surface area (Å²) in [6.07, 6.45) is 3.44. The fourth-order valence-corrected chi connectivity index (χ4v) is 2.77. The molecule has 1 aliphatic carbocycles. The normalized spacial score (nSPS) is 31.1. The van der Waals surface area contributed by atoms with Crippen molar-refractivity contribution in [3.05, 3.63) is 0 Å². The topological polar surface area (TPSA) is 50.7 Å². The number of rotatable bonds is 8. The fraction of sp³-hybridized carbons (Fsp3) is 1.00. The number of hydrogen-bond acceptors (Lipinski definition) is 4. The molecule has 0 amide bonds. The first kappa shape index (κ1) is 16.9. The van der Waals surface area contributed by atoms with Crippen LogP contribution >= 0.6 is 0 Å². The molecular weight excluding hydrogens is 242 g/mol. The molecular formula is C15H31NO3. The summed E-state index contributed by atoms with van der Waals surface area (Å²) in [4.78, 5) is 0. The van der Waals surface area contributed by atoms with E-state index in [9.17, 15) is 5.11 Å². The van der Waals surface area contributed by atoms with Crippen LogP contribution in [0.5, 0.6) is 0 Å². The van der Waals surface area contributed by atoms with Gasteiger partial charge in [0.1, 0.15) is 0 Å². The van der Waals surface area contributed by atoms with Gasteiger partial charge >= 0.3 is 0 Å². The summed E-state index contributed by atoms with van der Waals surface area (Å²) in [5, 5.41) is 13.4. The van der Waals surface area contributed by atoms with Gasteiger partial charge in [-0.25, -0.2) is 0 Å². The van der Waals surface area contributed by atoms with Crippen molar-refractivity contribution in [3.63, 3.8) is 0 Å². The molecule has 1 aliphatic rings. The van der Waals surface area contributed by atoms with E-state index in [0.29, 0.717) is 31.7 Å². The zero-order valence-electron chi connectivity index (χ0n) is 12.9. The number of aliphatic hydroxyl groups excluding tert-OH is 1. The second kappa shape index (κ2) is 8.90. The Morgan fingerprint density at radius 3 is 2.68 bits per heavy atom. The Labute approximate surface area is 117 Å². The molecule has 0 heterocycles. The minimum absolute atomic E-state index is 0.0354. The number of hydrogen-bond donors (Lipinski definition) is 2. The van der Waals surface area contributed by atoms with Crippen LogP contribution in [0.3, 0.4) is 0 Å². The maximum atomic E-state index is 9.92. The summed E-state index contributed by atoms with van der Waals surface area (Å²) in [5.74, 6) is 1.47. The summed E-state index contributed by atoms with van der Waals surface area (Å²) >= 11 is 0. The van der Waals surface area contributed by atoms with E-state index >= 15 is 0 Å². The Kier molecular flexibility index (Phi) is 7.91. The summed E-state index contributed by atoms with van der Waals surface area (Å²) in [7, 11) is 1.66. The van der Waals surface area contributed by atoms with E-state index in [4.69, 9.17) is 9.47 Å². The second-order valence-corrected chi connectivity index (χ2v) is 6.04. The lowest BCUT2D eigenvalue weighted by Gasteiger charge is -2.35. The van der Waals surface area contributed by atoms with Crippen molar-refractivity contribution in [2.24, 2.45) is 11.8 Å². The molecule has 1 rings (SSSR count). The molecule has 0 radical (unpaired) electrons. The van der Waals surface area contributed by atoms with Crippen LogP contribution in [0.2, 0.25) is 0 Å². The van der Waals surface area contributed by atoms with Crippen LogP contribution in [-0.2, 0) is 9.47 Å². The smallest absolute Gasteiger partial charge is 0.0897 e. The van der Waals surface area contributed by atoms with Gasteiger partial charge in [-0.1, -0.05) is 26.7 Å². The average Bonchev–Trinajstić information content (AvgIpc) is 2.38. The first-order valence-electron chi connectivity index (χ1n) is 7.56. The van der Waals surface area contributed by atoms with Crippen LogP contribution < -0.4 is 5.32 Å². The molecule has 114 valence electrons. The third-order valence-corrected chi connectivity index (χ3v) is 4.30. The van der Waals surface area contributed by atoms with Crippen LogP contribution in [0.4, 0.5) is 0 Å². The van der Waals surface area contributed by atoms with Gasteiger partial charge < -0.3 is 19.9 Å². The van der Waals surface area contributed by atoms with Gasteiger partial charge in [-0.3, -0.25) is 0 Å².